The highest BCUT2D eigenvalue weighted by atomic mass is 16.6. The van der Waals surface area contributed by atoms with Gasteiger partial charge in [-0.25, -0.2) is 0 Å². The fraction of sp³-hybridized carbons (Fsp3) is 0.308. The molecule has 6 nitrogen and oxygen atoms in total. The molecule has 0 aliphatic rings. The van der Waals surface area contributed by atoms with Crippen molar-refractivity contribution in [3.05, 3.63) is 52.3 Å². The third-order valence-corrected chi connectivity index (χ3v) is 2.61. The van der Waals surface area contributed by atoms with E-state index in [1.54, 1.807) is 18.3 Å². The van der Waals surface area contributed by atoms with Crippen molar-refractivity contribution in [3.63, 3.8) is 0 Å². The minimum atomic E-state index is -0.417. The first-order valence-corrected chi connectivity index (χ1v) is 6.07. The van der Waals surface area contributed by atoms with Crippen molar-refractivity contribution in [2.45, 2.75) is 26.5 Å². The Labute approximate surface area is 110 Å². The van der Waals surface area contributed by atoms with Gasteiger partial charge in [-0.3, -0.25) is 14.8 Å². The van der Waals surface area contributed by atoms with Crippen LogP contribution in [-0.4, -0.2) is 14.7 Å². The van der Waals surface area contributed by atoms with Gasteiger partial charge in [0, 0.05) is 18.7 Å². The summed E-state index contributed by atoms with van der Waals surface area (Å²) in [6.07, 6.45) is 4.53. The second-order valence-electron chi connectivity index (χ2n) is 4.15. The van der Waals surface area contributed by atoms with Gasteiger partial charge in [-0.15, -0.1) is 0 Å². The molecule has 0 saturated heterocycles. The normalized spacial score (nSPS) is 10.4. The van der Waals surface area contributed by atoms with Crippen LogP contribution < -0.4 is 4.74 Å². The van der Waals surface area contributed by atoms with Crippen LogP contribution in [0.1, 0.15) is 18.9 Å². The van der Waals surface area contributed by atoms with Crippen LogP contribution >= 0.6 is 0 Å². The molecular formula is C13H15N3O3. The molecular weight excluding hydrogens is 246 g/mol. The van der Waals surface area contributed by atoms with Crippen molar-refractivity contribution < 1.29 is 9.66 Å². The van der Waals surface area contributed by atoms with Crippen LogP contribution in [0.2, 0.25) is 0 Å². The van der Waals surface area contributed by atoms with E-state index in [4.69, 9.17) is 4.74 Å². The zero-order valence-electron chi connectivity index (χ0n) is 10.7. The highest BCUT2D eigenvalue weighted by Crippen LogP contribution is 2.15. The summed E-state index contributed by atoms with van der Waals surface area (Å²) >= 11 is 0. The van der Waals surface area contributed by atoms with Gasteiger partial charge >= 0.3 is 0 Å². The zero-order valence-corrected chi connectivity index (χ0v) is 10.7. The minimum absolute atomic E-state index is 0.0829. The number of aryl methyl sites for hydroxylation is 1. The molecule has 6 heteroatoms. The lowest BCUT2D eigenvalue weighted by Crippen LogP contribution is -1.97. The monoisotopic (exact) mass is 261 g/mol. The van der Waals surface area contributed by atoms with E-state index in [1.165, 1.54) is 12.1 Å². The fourth-order valence-electron chi connectivity index (χ4n) is 1.65. The van der Waals surface area contributed by atoms with Crippen molar-refractivity contribution in [1.82, 2.24) is 9.78 Å². The van der Waals surface area contributed by atoms with Gasteiger partial charge in [0.05, 0.1) is 17.3 Å². The van der Waals surface area contributed by atoms with Crippen LogP contribution in [0.25, 0.3) is 0 Å². The van der Waals surface area contributed by atoms with Gasteiger partial charge < -0.3 is 4.74 Å². The van der Waals surface area contributed by atoms with Crippen molar-refractivity contribution >= 4 is 5.69 Å². The summed E-state index contributed by atoms with van der Waals surface area (Å²) in [6, 6.07) is 6.32. The minimum Gasteiger partial charge on any atom is -0.486 e. The van der Waals surface area contributed by atoms with Crippen LogP contribution in [0.5, 0.6) is 5.75 Å². The summed E-state index contributed by atoms with van der Waals surface area (Å²) in [6.45, 7) is 3.32. The molecule has 0 fully saturated rings. The average molecular weight is 261 g/mol. The van der Waals surface area contributed by atoms with Gasteiger partial charge in [-0.05, 0) is 24.1 Å². The van der Waals surface area contributed by atoms with Crippen LogP contribution in [0.15, 0.2) is 36.7 Å². The molecule has 0 atom stereocenters. The van der Waals surface area contributed by atoms with Crippen molar-refractivity contribution in [2.24, 2.45) is 0 Å². The summed E-state index contributed by atoms with van der Waals surface area (Å²) in [5, 5.41) is 14.7. The Kier molecular flexibility index (Phi) is 4.12. The van der Waals surface area contributed by atoms with Gasteiger partial charge in [-0.2, -0.15) is 5.10 Å². The number of nitro benzene ring substituents is 1. The Balaban J connectivity index is 1.92. The van der Waals surface area contributed by atoms with E-state index in [9.17, 15) is 10.1 Å². The van der Waals surface area contributed by atoms with Crippen LogP contribution in [0.3, 0.4) is 0 Å². The van der Waals surface area contributed by atoms with Gasteiger partial charge in [0.15, 0.2) is 5.75 Å². The summed E-state index contributed by atoms with van der Waals surface area (Å²) in [4.78, 5) is 10.1. The molecule has 0 bridgehead atoms. The predicted molar refractivity (Wildman–Crippen MR) is 69.9 cm³/mol. The Morgan fingerprint density at radius 2 is 2.11 bits per heavy atom. The highest BCUT2D eigenvalue weighted by Gasteiger charge is 2.05. The first-order valence-electron chi connectivity index (χ1n) is 6.07. The van der Waals surface area contributed by atoms with E-state index in [0.29, 0.717) is 12.4 Å². The molecule has 19 heavy (non-hydrogen) atoms. The molecule has 2 aromatic rings. The number of nitro groups is 1. The van der Waals surface area contributed by atoms with E-state index in [2.05, 4.69) is 12.0 Å². The topological polar surface area (TPSA) is 70.2 Å². The maximum atomic E-state index is 10.5. The summed E-state index contributed by atoms with van der Waals surface area (Å²) in [5.41, 5.74) is 0.966. The van der Waals surface area contributed by atoms with Crippen LogP contribution in [-0.2, 0) is 13.2 Å². The third-order valence-electron chi connectivity index (χ3n) is 2.61. The third kappa shape index (κ3) is 3.54. The van der Waals surface area contributed by atoms with Crippen LogP contribution in [0, 0.1) is 10.1 Å². The number of benzene rings is 1. The number of ether oxygens (including phenoxy) is 1. The first kappa shape index (κ1) is 13.1. The maximum absolute atomic E-state index is 10.5. The standard InChI is InChI=1S/C13H15N3O3/c1-2-7-15-9-13(8-14-15)19-10-11-3-5-12(6-4-11)16(17)18/h3-6,8-9H,2,7,10H2,1H3. The number of rotatable bonds is 6. The quantitative estimate of drug-likeness (QED) is 0.592. The SMILES string of the molecule is CCCn1cc(OCc2ccc([N+](=O)[O-])cc2)cn1. The molecule has 0 aliphatic carbocycles. The number of non-ortho nitro benzene ring substituents is 1. The fourth-order valence-corrected chi connectivity index (χ4v) is 1.65. The lowest BCUT2D eigenvalue weighted by molar-refractivity contribution is -0.384. The molecule has 1 heterocycles. The second kappa shape index (κ2) is 5.99. The average Bonchev–Trinajstić information content (AvgIpc) is 2.85. The van der Waals surface area contributed by atoms with Crippen molar-refractivity contribution in [1.29, 1.82) is 0 Å². The summed E-state index contributed by atoms with van der Waals surface area (Å²) < 4.78 is 7.39. The molecule has 0 aliphatic heterocycles. The molecule has 0 radical (unpaired) electrons. The van der Waals surface area contributed by atoms with Gasteiger partial charge in [0.1, 0.15) is 6.61 Å². The highest BCUT2D eigenvalue weighted by molar-refractivity contribution is 5.32. The Hall–Kier alpha value is -2.37. The lowest BCUT2D eigenvalue weighted by atomic mass is 10.2. The number of aromatic nitrogens is 2. The summed E-state index contributed by atoms with van der Waals surface area (Å²) in [5.74, 6) is 0.701. The Morgan fingerprint density at radius 1 is 1.37 bits per heavy atom. The summed E-state index contributed by atoms with van der Waals surface area (Å²) in [7, 11) is 0. The van der Waals surface area contributed by atoms with Gasteiger partial charge in [0.25, 0.3) is 5.69 Å². The maximum Gasteiger partial charge on any atom is 0.269 e. The molecule has 1 aromatic heterocycles. The van der Waals surface area contributed by atoms with E-state index in [-0.39, 0.29) is 5.69 Å². The number of nitrogens with zero attached hydrogens (tertiary/aromatic N) is 3. The smallest absolute Gasteiger partial charge is 0.269 e. The first-order chi connectivity index (χ1) is 9.19. The number of hydrogen-bond donors (Lipinski definition) is 0. The van der Waals surface area contributed by atoms with Crippen molar-refractivity contribution in [3.8, 4) is 5.75 Å². The lowest BCUT2D eigenvalue weighted by Gasteiger charge is -2.03. The van der Waals surface area contributed by atoms with E-state index in [0.717, 1.165) is 18.5 Å². The van der Waals surface area contributed by atoms with E-state index in [1.807, 2.05) is 10.9 Å². The molecule has 2 rings (SSSR count). The molecule has 1 aromatic carbocycles. The molecule has 0 N–H and O–H groups in total. The molecule has 100 valence electrons. The van der Waals surface area contributed by atoms with E-state index < -0.39 is 4.92 Å². The van der Waals surface area contributed by atoms with Crippen LogP contribution in [0.4, 0.5) is 5.69 Å². The molecule has 0 saturated carbocycles. The second-order valence-corrected chi connectivity index (χ2v) is 4.15. The van der Waals surface area contributed by atoms with Gasteiger partial charge in [-0.1, -0.05) is 6.92 Å². The zero-order chi connectivity index (χ0) is 13.7. The van der Waals surface area contributed by atoms with Gasteiger partial charge in [0.2, 0.25) is 0 Å². The molecule has 0 amide bonds. The Bertz CT molecular complexity index is 549. The van der Waals surface area contributed by atoms with Crippen molar-refractivity contribution in [2.75, 3.05) is 0 Å². The molecule has 0 unspecified atom stereocenters. The molecule has 0 spiro atoms. The Morgan fingerprint density at radius 3 is 2.74 bits per heavy atom. The van der Waals surface area contributed by atoms with E-state index >= 15 is 0 Å². The number of hydrogen-bond acceptors (Lipinski definition) is 4. The largest absolute Gasteiger partial charge is 0.486 e. The predicted octanol–water partition coefficient (Wildman–Crippen LogP) is 2.78.